The minimum atomic E-state index is -0.0752. The van der Waals surface area contributed by atoms with Crippen molar-refractivity contribution < 1.29 is 9.84 Å². The Kier molecular flexibility index (Phi) is 5.12. The Morgan fingerprint density at radius 2 is 1.86 bits per heavy atom. The number of nitrogens with one attached hydrogen (secondary N) is 1. The molecule has 6 heteroatoms. The zero-order valence-electron chi connectivity index (χ0n) is 16.1. The van der Waals surface area contributed by atoms with Gasteiger partial charge in [0, 0.05) is 18.7 Å². The quantitative estimate of drug-likeness (QED) is 0.688. The van der Waals surface area contributed by atoms with E-state index >= 15 is 0 Å². The summed E-state index contributed by atoms with van der Waals surface area (Å²) < 4.78 is 7.20. The number of aryl methyl sites for hydroxylation is 2. The maximum absolute atomic E-state index is 9.12. The fourth-order valence-corrected chi connectivity index (χ4v) is 3.32. The molecular formula is C22H24N4O2. The summed E-state index contributed by atoms with van der Waals surface area (Å²) in [5, 5.41) is 17.2. The van der Waals surface area contributed by atoms with Gasteiger partial charge in [-0.05, 0) is 42.7 Å². The average Bonchev–Trinajstić information content (AvgIpc) is 3.15. The van der Waals surface area contributed by atoms with Gasteiger partial charge >= 0.3 is 0 Å². The third-order valence-corrected chi connectivity index (χ3v) is 4.89. The molecule has 1 atom stereocenters. The summed E-state index contributed by atoms with van der Waals surface area (Å²) in [7, 11) is 1.66. The number of anilines is 1. The van der Waals surface area contributed by atoms with Crippen molar-refractivity contribution in [1.29, 1.82) is 0 Å². The number of methoxy groups -OCH3 is 1. The molecular weight excluding hydrogens is 352 g/mol. The van der Waals surface area contributed by atoms with Gasteiger partial charge in [0.15, 0.2) is 5.82 Å². The molecule has 2 N–H and O–H groups in total. The number of hydrogen-bond acceptors (Lipinski definition) is 5. The normalized spacial score (nSPS) is 15.5. The zero-order chi connectivity index (χ0) is 19.5. The molecule has 0 fully saturated rings. The molecule has 6 nitrogen and oxygen atoms in total. The van der Waals surface area contributed by atoms with E-state index in [1.807, 2.05) is 16.8 Å². The second kappa shape index (κ2) is 7.86. The maximum Gasteiger partial charge on any atom is 0.226 e. The predicted octanol–water partition coefficient (Wildman–Crippen LogP) is 3.58. The molecule has 0 spiro atoms. The smallest absolute Gasteiger partial charge is 0.226 e. The minimum Gasteiger partial charge on any atom is -0.497 e. The number of rotatable bonds is 6. The fourth-order valence-electron chi connectivity index (χ4n) is 3.32. The van der Waals surface area contributed by atoms with Crippen LogP contribution in [0.1, 0.15) is 35.0 Å². The van der Waals surface area contributed by atoms with E-state index in [2.05, 4.69) is 64.8 Å². The number of allylic oxidation sites excluding steroid dienone is 1. The summed E-state index contributed by atoms with van der Waals surface area (Å²) >= 11 is 0. The minimum absolute atomic E-state index is 0.0752. The Morgan fingerprint density at radius 3 is 2.54 bits per heavy atom. The molecule has 28 heavy (non-hydrogen) atoms. The summed E-state index contributed by atoms with van der Waals surface area (Å²) in [6, 6.07) is 16.4. The lowest BCUT2D eigenvalue weighted by Crippen LogP contribution is -2.20. The van der Waals surface area contributed by atoms with Crippen LogP contribution >= 0.6 is 0 Å². The first kappa shape index (κ1) is 18.3. The summed E-state index contributed by atoms with van der Waals surface area (Å²) in [5.41, 5.74) is 4.44. The lowest BCUT2D eigenvalue weighted by atomic mass is 10.0. The van der Waals surface area contributed by atoms with E-state index in [-0.39, 0.29) is 12.6 Å². The number of aromatic nitrogens is 3. The van der Waals surface area contributed by atoms with E-state index in [1.165, 1.54) is 5.56 Å². The first-order valence-electron chi connectivity index (χ1n) is 9.44. The Bertz CT molecular complexity index is 975. The number of aliphatic hydroxyl groups excluding tert-OH is 1. The Labute approximate surface area is 164 Å². The van der Waals surface area contributed by atoms with Gasteiger partial charge in [-0.15, -0.1) is 0 Å². The van der Waals surface area contributed by atoms with Crippen molar-refractivity contribution in [1.82, 2.24) is 14.8 Å². The number of ether oxygens (including phenoxy) is 1. The van der Waals surface area contributed by atoms with Crippen molar-refractivity contribution in [2.24, 2.45) is 0 Å². The number of benzene rings is 2. The number of aliphatic hydroxyl groups is 1. The van der Waals surface area contributed by atoms with Crippen LogP contribution in [0.2, 0.25) is 0 Å². The van der Waals surface area contributed by atoms with Crippen LogP contribution in [0, 0.1) is 6.92 Å². The van der Waals surface area contributed by atoms with Gasteiger partial charge in [-0.2, -0.15) is 10.1 Å². The van der Waals surface area contributed by atoms with Crippen LogP contribution in [0.4, 0.5) is 5.95 Å². The number of fused-ring (bicyclic) bond motifs is 1. The van der Waals surface area contributed by atoms with Gasteiger partial charge in [-0.1, -0.05) is 42.0 Å². The highest BCUT2D eigenvalue weighted by molar-refractivity contribution is 5.77. The molecule has 4 rings (SSSR count). The molecule has 2 aromatic carbocycles. The van der Waals surface area contributed by atoms with Gasteiger partial charge in [0.1, 0.15) is 11.8 Å². The van der Waals surface area contributed by atoms with E-state index in [4.69, 9.17) is 9.84 Å². The van der Waals surface area contributed by atoms with Crippen LogP contribution < -0.4 is 10.1 Å². The van der Waals surface area contributed by atoms with Crippen LogP contribution in [0.5, 0.6) is 5.75 Å². The van der Waals surface area contributed by atoms with Crippen LogP contribution in [-0.2, 0) is 6.42 Å². The summed E-state index contributed by atoms with van der Waals surface area (Å²) in [4.78, 5) is 4.66. The van der Waals surface area contributed by atoms with Crippen LogP contribution in [-0.4, -0.2) is 33.6 Å². The lowest BCUT2D eigenvalue weighted by Gasteiger charge is -2.24. The molecule has 1 aromatic heterocycles. The molecule has 0 saturated heterocycles. The third kappa shape index (κ3) is 3.64. The van der Waals surface area contributed by atoms with Crippen molar-refractivity contribution in [3.8, 4) is 5.75 Å². The molecule has 1 aliphatic rings. The van der Waals surface area contributed by atoms with Gasteiger partial charge < -0.3 is 15.2 Å². The van der Waals surface area contributed by atoms with Crippen molar-refractivity contribution in [2.45, 2.75) is 25.8 Å². The molecule has 3 aromatic rings. The first-order valence-corrected chi connectivity index (χ1v) is 9.44. The van der Waals surface area contributed by atoms with Crippen molar-refractivity contribution in [3.63, 3.8) is 0 Å². The third-order valence-electron chi connectivity index (χ3n) is 4.89. The van der Waals surface area contributed by atoms with Gasteiger partial charge in [0.25, 0.3) is 0 Å². The van der Waals surface area contributed by atoms with Gasteiger partial charge in [0.2, 0.25) is 5.95 Å². The summed E-state index contributed by atoms with van der Waals surface area (Å²) in [6.45, 7) is 2.21. The molecule has 0 unspecified atom stereocenters. The predicted molar refractivity (Wildman–Crippen MR) is 109 cm³/mol. The second-order valence-corrected chi connectivity index (χ2v) is 6.91. The molecule has 1 aliphatic heterocycles. The summed E-state index contributed by atoms with van der Waals surface area (Å²) in [5.74, 6) is 2.27. The molecule has 0 amide bonds. The standard InChI is InChI=1S/C22H24N4O2/c1-15-5-7-16(8-6-15)19-14-20(17-9-11-18(28-2)12-10-17)26-22(23-19)24-21(25-26)4-3-13-27/h5-12,14,20,27H,3-4,13H2,1-2H3,(H,23,24,25)/t20-/m0/s1. The lowest BCUT2D eigenvalue weighted by molar-refractivity contribution is 0.287. The molecule has 144 valence electrons. The Balaban J connectivity index is 1.75. The molecule has 0 saturated carbocycles. The monoisotopic (exact) mass is 376 g/mol. The maximum atomic E-state index is 9.12. The van der Waals surface area contributed by atoms with Crippen molar-refractivity contribution in [2.75, 3.05) is 19.0 Å². The topological polar surface area (TPSA) is 72.2 Å². The largest absolute Gasteiger partial charge is 0.497 e. The van der Waals surface area contributed by atoms with Gasteiger partial charge in [-0.3, -0.25) is 0 Å². The van der Waals surface area contributed by atoms with Gasteiger partial charge in [0.05, 0.1) is 7.11 Å². The fraction of sp³-hybridized carbons (Fsp3) is 0.273. The molecule has 2 heterocycles. The van der Waals surface area contributed by atoms with Crippen molar-refractivity contribution >= 4 is 11.6 Å². The van der Waals surface area contributed by atoms with Crippen LogP contribution in [0.3, 0.4) is 0 Å². The highest BCUT2D eigenvalue weighted by Gasteiger charge is 2.25. The van der Waals surface area contributed by atoms with E-state index < -0.39 is 0 Å². The molecule has 0 aliphatic carbocycles. The Hall–Kier alpha value is -3.12. The zero-order valence-corrected chi connectivity index (χ0v) is 16.1. The van der Waals surface area contributed by atoms with Crippen LogP contribution in [0.15, 0.2) is 54.6 Å². The summed E-state index contributed by atoms with van der Waals surface area (Å²) in [6.07, 6.45) is 3.46. The van der Waals surface area contributed by atoms with E-state index in [0.717, 1.165) is 28.4 Å². The van der Waals surface area contributed by atoms with Gasteiger partial charge in [-0.25, -0.2) is 4.68 Å². The van der Waals surface area contributed by atoms with Crippen LogP contribution in [0.25, 0.3) is 5.70 Å². The van der Waals surface area contributed by atoms with E-state index in [9.17, 15) is 0 Å². The van der Waals surface area contributed by atoms with E-state index in [0.29, 0.717) is 18.8 Å². The highest BCUT2D eigenvalue weighted by Crippen LogP contribution is 2.33. The average molecular weight is 376 g/mol. The second-order valence-electron chi connectivity index (χ2n) is 6.91. The van der Waals surface area contributed by atoms with Crippen molar-refractivity contribution in [3.05, 3.63) is 77.1 Å². The number of nitrogens with zero attached hydrogens (tertiary/aromatic N) is 3. The Morgan fingerprint density at radius 1 is 1.11 bits per heavy atom. The number of hydrogen-bond donors (Lipinski definition) is 2. The molecule has 0 radical (unpaired) electrons. The SMILES string of the molecule is COc1ccc([C@@H]2C=C(c3ccc(C)cc3)Nc3nc(CCCO)nn32)cc1. The first-order chi connectivity index (χ1) is 13.7. The van der Waals surface area contributed by atoms with E-state index in [1.54, 1.807) is 7.11 Å². The molecule has 0 bridgehead atoms. The highest BCUT2D eigenvalue weighted by atomic mass is 16.5.